The van der Waals surface area contributed by atoms with Gasteiger partial charge in [0.2, 0.25) is 0 Å². The zero-order valence-corrected chi connectivity index (χ0v) is 13.5. The highest BCUT2D eigenvalue weighted by Crippen LogP contribution is 2.35. The Kier molecular flexibility index (Phi) is 4.40. The van der Waals surface area contributed by atoms with Crippen LogP contribution in [0.5, 0.6) is 0 Å². The van der Waals surface area contributed by atoms with Gasteiger partial charge < -0.3 is 10.1 Å². The molecule has 0 aromatic rings. The van der Waals surface area contributed by atoms with Crippen LogP contribution >= 0.6 is 0 Å². The molecule has 116 valence electrons. The van der Waals surface area contributed by atoms with E-state index in [4.69, 9.17) is 4.74 Å². The summed E-state index contributed by atoms with van der Waals surface area (Å²) < 4.78 is 5.89. The smallest absolute Gasteiger partial charge is 0.0619 e. The first-order chi connectivity index (χ1) is 9.54. The molecule has 1 N–H and O–H groups in total. The van der Waals surface area contributed by atoms with E-state index in [1.807, 2.05) is 0 Å². The summed E-state index contributed by atoms with van der Waals surface area (Å²) in [4.78, 5) is 2.63. The predicted octanol–water partition coefficient (Wildman–Crippen LogP) is 2.80. The SMILES string of the molecule is CC(C)(C)N1CCC(NC2CCCC3OCCC23)CC1. The Morgan fingerprint density at radius 1 is 1.00 bits per heavy atom. The highest BCUT2D eigenvalue weighted by Gasteiger charge is 2.38. The summed E-state index contributed by atoms with van der Waals surface area (Å²) in [5, 5.41) is 3.99. The van der Waals surface area contributed by atoms with Gasteiger partial charge >= 0.3 is 0 Å². The lowest BCUT2D eigenvalue weighted by Crippen LogP contribution is -2.53. The normalized spacial score (nSPS) is 37.0. The zero-order chi connectivity index (χ0) is 14.2. The minimum Gasteiger partial charge on any atom is -0.378 e. The largest absolute Gasteiger partial charge is 0.378 e. The molecule has 0 aromatic heterocycles. The highest BCUT2D eigenvalue weighted by molar-refractivity contribution is 4.93. The number of hydrogen-bond donors (Lipinski definition) is 1. The third-order valence-corrected chi connectivity index (χ3v) is 5.67. The Bertz CT molecular complexity index is 317. The minimum atomic E-state index is 0.334. The van der Waals surface area contributed by atoms with Gasteiger partial charge in [0.05, 0.1) is 6.10 Å². The van der Waals surface area contributed by atoms with Gasteiger partial charge in [0, 0.05) is 43.2 Å². The van der Waals surface area contributed by atoms with E-state index < -0.39 is 0 Å². The molecule has 1 aliphatic carbocycles. The Morgan fingerprint density at radius 3 is 2.45 bits per heavy atom. The molecular formula is C17H32N2O. The first kappa shape index (κ1) is 14.8. The molecule has 2 heterocycles. The quantitative estimate of drug-likeness (QED) is 0.842. The number of ether oxygens (including phenoxy) is 1. The molecule has 3 rings (SSSR count). The average Bonchev–Trinajstić information content (AvgIpc) is 2.88. The maximum absolute atomic E-state index is 5.89. The monoisotopic (exact) mass is 280 g/mol. The molecule has 3 fully saturated rings. The number of likely N-dealkylation sites (tertiary alicyclic amines) is 1. The molecule has 2 saturated heterocycles. The van der Waals surface area contributed by atoms with E-state index in [1.54, 1.807) is 0 Å². The summed E-state index contributed by atoms with van der Waals surface area (Å²) in [6.45, 7) is 10.5. The van der Waals surface area contributed by atoms with Gasteiger partial charge in [0.15, 0.2) is 0 Å². The Morgan fingerprint density at radius 2 is 1.75 bits per heavy atom. The van der Waals surface area contributed by atoms with E-state index in [-0.39, 0.29) is 0 Å². The number of fused-ring (bicyclic) bond motifs is 1. The van der Waals surface area contributed by atoms with E-state index in [0.717, 1.165) is 24.6 Å². The van der Waals surface area contributed by atoms with E-state index in [9.17, 15) is 0 Å². The summed E-state index contributed by atoms with van der Waals surface area (Å²) in [6, 6.07) is 1.46. The molecule has 3 nitrogen and oxygen atoms in total. The summed E-state index contributed by atoms with van der Waals surface area (Å²) in [6.07, 6.45) is 8.48. The molecule has 0 spiro atoms. The summed E-state index contributed by atoms with van der Waals surface area (Å²) >= 11 is 0. The van der Waals surface area contributed by atoms with E-state index in [1.165, 1.54) is 51.6 Å². The van der Waals surface area contributed by atoms with E-state index in [0.29, 0.717) is 11.6 Å². The number of hydrogen-bond acceptors (Lipinski definition) is 3. The van der Waals surface area contributed by atoms with Crippen LogP contribution in [0.25, 0.3) is 0 Å². The van der Waals surface area contributed by atoms with Crippen molar-refractivity contribution in [1.29, 1.82) is 0 Å². The molecule has 2 aliphatic heterocycles. The Balaban J connectivity index is 1.49. The van der Waals surface area contributed by atoms with Gasteiger partial charge in [-0.1, -0.05) is 0 Å². The fourth-order valence-corrected chi connectivity index (χ4v) is 4.40. The van der Waals surface area contributed by atoms with Gasteiger partial charge in [-0.25, -0.2) is 0 Å². The average molecular weight is 280 g/mol. The maximum Gasteiger partial charge on any atom is 0.0619 e. The van der Waals surface area contributed by atoms with Crippen LogP contribution in [0.3, 0.4) is 0 Å². The van der Waals surface area contributed by atoms with Crippen LogP contribution in [0.15, 0.2) is 0 Å². The lowest BCUT2D eigenvalue weighted by Gasteiger charge is -2.43. The Hall–Kier alpha value is -0.120. The van der Waals surface area contributed by atoms with Gasteiger partial charge in [-0.05, 0) is 59.3 Å². The van der Waals surface area contributed by atoms with E-state index >= 15 is 0 Å². The lowest BCUT2D eigenvalue weighted by molar-refractivity contribution is 0.0447. The number of nitrogens with zero attached hydrogens (tertiary/aromatic N) is 1. The molecular weight excluding hydrogens is 248 g/mol. The van der Waals surface area contributed by atoms with Crippen LogP contribution < -0.4 is 5.32 Å². The van der Waals surface area contributed by atoms with E-state index in [2.05, 4.69) is 31.0 Å². The molecule has 0 amide bonds. The van der Waals surface area contributed by atoms with Crippen LogP contribution in [-0.2, 0) is 4.74 Å². The van der Waals surface area contributed by atoms with Crippen LogP contribution in [0, 0.1) is 5.92 Å². The van der Waals surface area contributed by atoms with Gasteiger partial charge in [0.25, 0.3) is 0 Å². The van der Waals surface area contributed by atoms with Crippen LogP contribution in [-0.4, -0.2) is 48.3 Å². The molecule has 3 atom stereocenters. The second-order valence-electron chi connectivity index (χ2n) is 8.00. The predicted molar refractivity (Wildman–Crippen MR) is 83.0 cm³/mol. The second kappa shape index (κ2) is 5.94. The molecule has 0 aromatic carbocycles. The fourth-order valence-electron chi connectivity index (χ4n) is 4.40. The zero-order valence-electron chi connectivity index (χ0n) is 13.5. The maximum atomic E-state index is 5.89. The summed E-state index contributed by atoms with van der Waals surface area (Å²) in [5.41, 5.74) is 0.334. The van der Waals surface area contributed by atoms with Gasteiger partial charge in [-0.2, -0.15) is 0 Å². The number of rotatable bonds is 2. The lowest BCUT2D eigenvalue weighted by atomic mass is 9.81. The molecule has 1 saturated carbocycles. The molecule has 0 radical (unpaired) electrons. The number of nitrogens with one attached hydrogen (secondary N) is 1. The molecule has 3 unspecified atom stereocenters. The van der Waals surface area contributed by atoms with Crippen molar-refractivity contribution >= 4 is 0 Å². The second-order valence-corrected chi connectivity index (χ2v) is 8.00. The van der Waals surface area contributed by atoms with Gasteiger partial charge in [-0.3, -0.25) is 4.90 Å². The summed E-state index contributed by atoms with van der Waals surface area (Å²) in [7, 11) is 0. The van der Waals surface area contributed by atoms with Crippen molar-refractivity contribution in [2.24, 2.45) is 5.92 Å². The van der Waals surface area contributed by atoms with Crippen molar-refractivity contribution in [3.05, 3.63) is 0 Å². The van der Waals surface area contributed by atoms with Crippen LogP contribution in [0.1, 0.15) is 59.3 Å². The van der Waals surface area contributed by atoms with Gasteiger partial charge in [0.1, 0.15) is 0 Å². The van der Waals surface area contributed by atoms with Crippen molar-refractivity contribution < 1.29 is 4.74 Å². The van der Waals surface area contributed by atoms with Crippen LogP contribution in [0.2, 0.25) is 0 Å². The van der Waals surface area contributed by atoms with Crippen LogP contribution in [0.4, 0.5) is 0 Å². The molecule has 0 bridgehead atoms. The van der Waals surface area contributed by atoms with Crippen molar-refractivity contribution in [1.82, 2.24) is 10.2 Å². The topological polar surface area (TPSA) is 24.5 Å². The number of piperidine rings is 1. The van der Waals surface area contributed by atoms with Crippen molar-refractivity contribution in [2.75, 3.05) is 19.7 Å². The Labute approximate surface area is 124 Å². The molecule has 20 heavy (non-hydrogen) atoms. The van der Waals surface area contributed by atoms with Crippen molar-refractivity contribution in [3.63, 3.8) is 0 Å². The fraction of sp³-hybridized carbons (Fsp3) is 1.00. The molecule has 3 heteroatoms. The molecule has 3 aliphatic rings. The first-order valence-corrected chi connectivity index (χ1v) is 8.67. The first-order valence-electron chi connectivity index (χ1n) is 8.67. The third kappa shape index (κ3) is 3.20. The summed E-state index contributed by atoms with van der Waals surface area (Å²) in [5.74, 6) is 0.796. The van der Waals surface area contributed by atoms with Crippen molar-refractivity contribution in [2.45, 2.75) is 83.0 Å². The van der Waals surface area contributed by atoms with Gasteiger partial charge in [-0.15, -0.1) is 0 Å². The standard InChI is InChI=1S/C17H32N2O/c1-17(2,3)19-10-7-13(8-11-19)18-15-5-4-6-16-14(15)9-12-20-16/h13-16,18H,4-12H2,1-3H3. The minimum absolute atomic E-state index is 0.334. The highest BCUT2D eigenvalue weighted by atomic mass is 16.5. The van der Waals surface area contributed by atoms with Crippen molar-refractivity contribution in [3.8, 4) is 0 Å². The third-order valence-electron chi connectivity index (χ3n) is 5.67.